The number of rotatable bonds is 2. The number of nitrogens with zero attached hydrogens (tertiary/aromatic N) is 1. The van der Waals surface area contributed by atoms with Crippen molar-refractivity contribution in [2.75, 3.05) is 12.0 Å². The Bertz CT molecular complexity index is 659. The number of hydrogen-bond acceptors (Lipinski definition) is 4. The van der Waals surface area contributed by atoms with Crippen LogP contribution in [0.5, 0.6) is 0 Å². The van der Waals surface area contributed by atoms with Gasteiger partial charge in [0.25, 0.3) is 0 Å². The van der Waals surface area contributed by atoms with Crippen LogP contribution in [0.1, 0.15) is 5.56 Å². The number of aromatic nitrogens is 2. The Balaban J connectivity index is 2.76. The molecule has 0 atom stereocenters. The minimum Gasteiger partial charge on any atom is -0.384 e. The molecule has 0 bridgehead atoms. The quantitative estimate of drug-likeness (QED) is 0.843. The molecular formula is C11H13N3O2S. The van der Waals surface area contributed by atoms with E-state index in [1.807, 2.05) is 13.0 Å². The Labute approximate surface area is 99.6 Å². The first-order valence-corrected chi connectivity index (χ1v) is 6.88. The van der Waals surface area contributed by atoms with Gasteiger partial charge in [0, 0.05) is 17.4 Å². The molecule has 3 N–H and O–H groups in total. The largest absolute Gasteiger partial charge is 0.384 e. The third-order valence-corrected chi connectivity index (χ3v) is 3.63. The fraction of sp³-hybridized carbons (Fsp3) is 0.182. The summed E-state index contributed by atoms with van der Waals surface area (Å²) in [5.41, 5.74) is 7.77. The van der Waals surface area contributed by atoms with Crippen LogP contribution in [0.3, 0.4) is 0 Å². The second-order valence-corrected chi connectivity index (χ2v) is 5.95. The number of nitrogen functional groups attached to an aromatic ring is 1. The number of aryl methyl sites for hydroxylation is 1. The zero-order valence-electron chi connectivity index (χ0n) is 9.56. The third kappa shape index (κ3) is 2.16. The molecule has 0 fully saturated rings. The normalized spacial score (nSPS) is 11.6. The number of nitrogens with two attached hydrogens (primary N) is 1. The van der Waals surface area contributed by atoms with E-state index in [2.05, 4.69) is 10.2 Å². The second kappa shape index (κ2) is 3.89. The van der Waals surface area contributed by atoms with Gasteiger partial charge in [-0.05, 0) is 18.6 Å². The topological polar surface area (TPSA) is 88.8 Å². The fourth-order valence-corrected chi connectivity index (χ4v) is 2.65. The van der Waals surface area contributed by atoms with Crippen LogP contribution in [0, 0.1) is 6.92 Å². The van der Waals surface area contributed by atoms with Crippen molar-refractivity contribution in [1.29, 1.82) is 0 Å². The molecular weight excluding hydrogens is 238 g/mol. The van der Waals surface area contributed by atoms with E-state index >= 15 is 0 Å². The van der Waals surface area contributed by atoms with Gasteiger partial charge in [-0.3, -0.25) is 5.10 Å². The van der Waals surface area contributed by atoms with Crippen LogP contribution in [-0.2, 0) is 9.84 Å². The summed E-state index contributed by atoms with van der Waals surface area (Å²) < 4.78 is 23.5. The predicted octanol–water partition coefficient (Wildman–Crippen LogP) is 1.37. The summed E-state index contributed by atoms with van der Waals surface area (Å²) in [6.07, 6.45) is 2.70. The minimum atomic E-state index is -3.30. The molecule has 0 saturated carbocycles. The van der Waals surface area contributed by atoms with Gasteiger partial charge in [-0.25, -0.2) is 8.42 Å². The Morgan fingerprint density at radius 3 is 2.53 bits per heavy atom. The zero-order valence-corrected chi connectivity index (χ0v) is 10.4. The van der Waals surface area contributed by atoms with Crippen LogP contribution in [0.15, 0.2) is 29.3 Å². The summed E-state index contributed by atoms with van der Waals surface area (Å²) in [6.45, 7) is 1.84. The summed E-state index contributed by atoms with van der Waals surface area (Å²) >= 11 is 0. The molecule has 0 amide bonds. The van der Waals surface area contributed by atoms with Gasteiger partial charge in [0.1, 0.15) is 5.82 Å². The van der Waals surface area contributed by atoms with E-state index in [-0.39, 0.29) is 4.90 Å². The second-order valence-electron chi connectivity index (χ2n) is 3.97. The molecule has 0 aliphatic carbocycles. The molecule has 0 aliphatic heterocycles. The minimum absolute atomic E-state index is 0.269. The van der Waals surface area contributed by atoms with E-state index in [0.29, 0.717) is 16.9 Å². The lowest BCUT2D eigenvalue weighted by atomic mass is 10.1. The first kappa shape index (κ1) is 11.7. The predicted molar refractivity (Wildman–Crippen MR) is 66.3 cm³/mol. The molecule has 6 heteroatoms. The SMILES string of the molecule is Cc1ccc(-c2cn[nH]c2N)c(S(C)(=O)=O)c1. The number of benzene rings is 1. The first-order chi connectivity index (χ1) is 7.89. The number of anilines is 1. The Morgan fingerprint density at radius 1 is 1.29 bits per heavy atom. The zero-order chi connectivity index (χ0) is 12.6. The van der Waals surface area contributed by atoms with Gasteiger partial charge in [0.2, 0.25) is 0 Å². The highest BCUT2D eigenvalue weighted by atomic mass is 32.2. The van der Waals surface area contributed by atoms with Gasteiger partial charge in [0.15, 0.2) is 9.84 Å². The van der Waals surface area contributed by atoms with E-state index in [1.54, 1.807) is 12.1 Å². The van der Waals surface area contributed by atoms with Gasteiger partial charge in [-0.1, -0.05) is 12.1 Å². The first-order valence-electron chi connectivity index (χ1n) is 4.99. The molecule has 0 saturated heterocycles. The van der Waals surface area contributed by atoms with Gasteiger partial charge in [0.05, 0.1) is 11.1 Å². The summed E-state index contributed by atoms with van der Waals surface area (Å²) in [4.78, 5) is 0.269. The summed E-state index contributed by atoms with van der Waals surface area (Å²) in [6, 6.07) is 5.22. The highest BCUT2D eigenvalue weighted by molar-refractivity contribution is 7.90. The maximum absolute atomic E-state index is 11.7. The van der Waals surface area contributed by atoms with Crippen molar-refractivity contribution >= 4 is 15.7 Å². The molecule has 0 aliphatic rings. The van der Waals surface area contributed by atoms with Crippen molar-refractivity contribution in [3.8, 4) is 11.1 Å². The van der Waals surface area contributed by atoms with E-state index in [9.17, 15) is 8.42 Å². The highest BCUT2D eigenvalue weighted by Gasteiger charge is 2.17. The van der Waals surface area contributed by atoms with Crippen molar-refractivity contribution in [3.05, 3.63) is 30.0 Å². The molecule has 2 rings (SSSR count). The number of sulfone groups is 1. The lowest BCUT2D eigenvalue weighted by Crippen LogP contribution is -2.01. The Kier molecular flexibility index (Phi) is 2.66. The van der Waals surface area contributed by atoms with Gasteiger partial charge in [-0.15, -0.1) is 0 Å². The molecule has 1 heterocycles. The Hall–Kier alpha value is -1.82. The van der Waals surface area contributed by atoms with Crippen molar-refractivity contribution in [2.24, 2.45) is 0 Å². The summed E-state index contributed by atoms with van der Waals surface area (Å²) in [7, 11) is -3.30. The van der Waals surface area contributed by atoms with Gasteiger partial charge < -0.3 is 5.73 Å². The number of hydrogen-bond donors (Lipinski definition) is 2. The average molecular weight is 251 g/mol. The molecule has 17 heavy (non-hydrogen) atoms. The maximum atomic E-state index is 11.7. The molecule has 2 aromatic rings. The highest BCUT2D eigenvalue weighted by Crippen LogP contribution is 2.30. The molecule has 90 valence electrons. The van der Waals surface area contributed by atoms with Gasteiger partial charge in [-0.2, -0.15) is 5.10 Å². The summed E-state index contributed by atoms with van der Waals surface area (Å²) in [5, 5.41) is 6.39. The van der Waals surface area contributed by atoms with Crippen molar-refractivity contribution in [3.63, 3.8) is 0 Å². The van der Waals surface area contributed by atoms with Crippen LogP contribution in [-0.4, -0.2) is 24.9 Å². The standard InChI is InChI=1S/C11H13N3O2S/c1-7-3-4-8(9-6-13-14-11(9)12)10(5-7)17(2,15)16/h3-6H,1-2H3,(H3,12,13,14). The third-order valence-electron chi connectivity index (χ3n) is 2.50. The van der Waals surface area contributed by atoms with Crippen molar-refractivity contribution < 1.29 is 8.42 Å². The van der Waals surface area contributed by atoms with Crippen LogP contribution in [0.25, 0.3) is 11.1 Å². The van der Waals surface area contributed by atoms with Crippen LogP contribution in [0.4, 0.5) is 5.82 Å². The van der Waals surface area contributed by atoms with Gasteiger partial charge >= 0.3 is 0 Å². The van der Waals surface area contributed by atoms with E-state index in [4.69, 9.17) is 5.73 Å². The number of H-pyrrole nitrogens is 1. The smallest absolute Gasteiger partial charge is 0.176 e. The monoisotopic (exact) mass is 251 g/mol. The average Bonchev–Trinajstić information content (AvgIpc) is 2.63. The van der Waals surface area contributed by atoms with Crippen molar-refractivity contribution in [2.45, 2.75) is 11.8 Å². The maximum Gasteiger partial charge on any atom is 0.176 e. The van der Waals surface area contributed by atoms with E-state index in [0.717, 1.165) is 5.56 Å². The van der Waals surface area contributed by atoms with E-state index < -0.39 is 9.84 Å². The summed E-state index contributed by atoms with van der Waals surface area (Å²) in [5.74, 6) is 0.360. The van der Waals surface area contributed by atoms with E-state index in [1.165, 1.54) is 12.5 Å². The van der Waals surface area contributed by atoms with Crippen LogP contribution < -0.4 is 5.73 Å². The molecule has 0 unspecified atom stereocenters. The van der Waals surface area contributed by atoms with Crippen LogP contribution >= 0.6 is 0 Å². The molecule has 1 aromatic carbocycles. The number of aromatic amines is 1. The molecule has 0 radical (unpaired) electrons. The molecule has 5 nitrogen and oxygen atoms in total. The lowest BCUT2D eigenvalue weighted by molar-refractivity contribution is 0.602. The molecule has 1 aromatic heterocycles. The van der Waals surface area contributed by atoms with Crippen LogP contribution in [0.2, 0.25) is 0 Å². The Morgan fingerprint density at radius 2 is 2.00 bits per heavy atom. The lowest BCUT2D eigenvalue weighted by Gasteiger charge is -2.08. The fourth-order valence-electron chi connectivity index (χ4n) is 1.67. The molecule has 0 spiro atoms. The number of nitrogens with one attached hydrogen (secondary N) is 1. The van der Waals surface area contributed by atoms with Crippen molar-refractivity contribution in [1.82, 2.24) is 10.2 Å².